The molecule has 1 aliphatic heterocycles. The highest BCUT2D eigenvalue weighted by atomic mass is 19.4. The van der Waals surface area contributed by atoms with Gasteiger partial charge in [-0.3, -0.25) is 14.4 Å². The van der Waals surface area contributed by atoms with E-state index in [1.54, 1.807) is 17.8 Å². The molecule has 1 saturated heterocycles. The van der Waals surface area contributed by atoms with Gasteiger partial charge >= 0.3 is 12.1 Å². The molecule has 4 aromatic rings. The van der Waals surface area contributed by atoms with E-state index in [2.05, 4.69) is 15.4 Å². The molecule has 5 rings (SSSR count). The molecule has 0 N–H and O–H groups in total. The van der Waals surface area contributed by atoms with E-state index >= 15 is 0 Å². The number of nitrogens with zero attached hydrogens (tertiary/aromatic N) is 6. The van der Waals surface area contributed by atoms with E-state index < -0.39 is 40.2 Å². The first-order valence-corrected chi connectivity index (χ1v) is 14.6. The SMILES string of the molecule is CCOC(=O)C1(Cc2cn(-c3cc(C)ccc3C)nn2)CCN(C(=O)c2nn(-c3ccccc3C(F)(F)F)c(C)cc2=O)CC1. The third kappa shape index (κ3) is 6.38. The van der Waals surface area contributed by atoms with Gasteiger partial charge in [-0.05, 0) is 69.9 Å². The molecule has 2 aromatic heterocycles. The number of carbonyl (C=O) groups is 2. The monoisotopic (exact) mass is 622 g/mol. The summed E-state index contributed by atoms with van der Waals surface area (Å²) in [6, 6.07) is 11.9. The van der Waals surface area contributed by atoms with Gasteiger partial charge in [0.2, 0.25) is 5.43 Å². The van der Waals surface area contributed by atoms with Gasteiger partial charge in [0.1, 0.15) is 0 Å². The van der Waals surface area contributed by atoms with Crippen LogP contribution in [0.3, 0.4) is 0 Å². The molecule has 0 atom stereocenters. The summed E-state index contributed by atoms with van der Waals surface area (Å²) in [4.78, 5) is 41.2. The topological polar surface area (TPSA) is 112 Å². The lowest BCUT2D eigenvalue weighted by Gasteiger charge is -2.39. The van der Waals surface area contributed by atoms with E-state index in [1.165, 1.54) is 30.0 Å². The molecule has 45 heavy (non-hydrogen) atoms. The molecule has 1 amide bonds. The summed E-state index contributed by atoms with van der Waals surface area (Å²) < 4.78 is 49.3. The van der Waals surface area contributed by atoms with Gasteiger partial charge in [0, 0.05) is 31.3 Å². The molecule has 3 heterocycles. The summed E-state index contributed by atoms with van der Waals surface area (Å²) >= 11 is 0. The average Bonchev–Trinajstić information content (AvgIpc) is 3.46. The number of piperidine rings is 1. The second kappa shape index (κ2) is 12.3. The summed E-state index contributed by atoms with van der Waals surface area (Å²) in [5.74, 6) is -1.14. The van der Waals surface area contributed by atoms with E-state index in [-0.39, 0.29) is 50.3 Å². The number of alkyl halides is 3. The Balaban J connectivity index is 1.40. The number of para-hydroxylation sites is 1. The normalized spacial score (nSPS) is 14.8. The van der Waals surface area contributed by atoms with Gasteiger partial charge in [-0.1, -0.05) is 29.5 Å². The second-order valence-electron chi connectivity index (χ2n) is 11.3. The fourth-order valence-corrected chi connectivity index (χ4v) is 5.67. The van der Waals surface area contributed by atoms with Crippen molar-refractivity contribution in [3.8, 4) is 11.4 Å². The lowest BCUT2D eigenvalue weighted by atomic mass is 9.74. The quantitative estimate of drug-likeness (QED) is 0.273. The molecule has 2 aromatic carbocycles. The van der Waals surface area contributed by atoms with Crippen LogP contribution >= 0.6 is 0 Å². The molecular formula is C32H33F3N6O4. The third-order valence-electron chi connectivity index (χ3n) is 8.14. The number of hydrogen-bond donors (Lipinski definition) is 0. The van der Waals surface area contributed by atoms with Crippen molar-refractivity contribution >= 4 is 11.9 Å². The van der Waals surface area contributed by atoms with Crippen molar-refractivity contribution in [2.75, 3.05) is 19.7 Å². The maximum absolute atomic E-state index is 13.7. The highest BCUT2D eigenvalue weighted by Crippen LogP contribution is 2.37. The van der Waals surface area contributed by atoms with Gasteiger partial charge in [-0.2, -0.15) is 18.3 Å². The van der Waals surface area contributed by atoms with E-state index in [1.807, 2.05) is 32.0 Å². The lowest BCUT2D eigenvalue weighted by molar-refractivity contribution is -0.158. The van der Waals surface area contributed by atoms with Crippen LogP contribution in [0.1, 0.15) is 58.3 Å². The largest absolute Gasteiger partial charge is 0.466 e. The molecule has 0 bridgehead atoms. The number of carbonyl (C=O) groups excluding carboxylic acids is 2. The van der Waals surface area contributed by atoms with E-state index in [0.717, 1.165) is 33.6 Å². The maximum Gasteiger partial charge on any atom is 0.418 e. The van der Waals surface area contributed by atoms with Crippen LogP contribution in [0, 0.1) is 26.2 Å². The molecule has 0 aliphatic carbocycles. The summed E-state index contributed by atoms with van der Waals surface area (Å²) in [6.07, 6.45) is -2.25. The number of aromatic nitrogens is 5. The molecule has 0 unspecified atom stereocenters. The minimum Gasteiger partial charge on any atom is -0.466 e. The first-order valence-electron chi connectivity index (χ1n) is 14.6. The van der Waals surface area contributed by atoms with Crippen molar-refractivity contribution in [1.29, 1.82) is 0 Å². The number of ether oxygens (including phenoxy) is 1. The number of rotatable bonds is 7. The number of hydrogen-bond acceptors (Lipinski definition) is 7. The molecule has 236 valence electrons. The fraction of sp³-hybridized carbons (Fsp3) is 0.375. The molecule has 13 heteroatoms. The van der Waals surface area contributed by atoms with Gasteiger partial charge < -0.3 is 9.64 Å². The fourth-order valence-electron chi connectivity index (χ4n) is 5.67. The Labute approximate surface area is 257 Å². The number of halogens is 3. The van der Waals surface area contributed by atoms with Crippen molar-refractivity contribution < 1.29 is 27.5 Å². The standard InChI is InChI=1S/C32H33F3N6O4/c1-5-45-30(44)31(18-23-19-40(38-36-23)26-16-20(2)10-11-21(26)3)12-14-39(15-13-31)29(43)28-27(42)17-22(4)41(37-28)25-9-7-6-8-24(25)32(33,34)35/h6-11,16-17,19H,5,12-15,18H2,1-4H3. The maximum atomic E-state index is 13.7. The summed E-state index contributed by atoms with van der Waals surface area (Å²) in [5, 5.41) is 12.7. The molecular weight excluding hydrogens is 589 g/mol. The van der Waals surface area contributed by atoms with Crippen molar-refractivity contribution in [3.05, 3.63) is 98.7 Å². The number of esters is 1. The summed E-state index contributed by atoms with van der Waals surface area (Å²) in [7, 11) is 0. The van der Waals surface area contributed by atoms with Gasteiger partial charge in [0.05, 0.1) is 40.9 Å². The predicted octanol–water partition coefficient (Wildman–Crippen LogP) is 4.79. The van der Waals surface area contributed by atoms with Crippen molar-refractivity contribution in [3.63, 3.8) is 0 Å². The number of likely N-dealkylation sites (tertiary alicyclic amines) is 1. The zero-order chi connectivity index (χ0) is 32.5. The van der Waals surface area contributed by atoms with Crippen molar-refractivity contribution in [2.45, 2.75) is 53.1 Å². The number of aryl methyl sites for hydroxylation is 3. The van der Waals surface area contributed by atoms with Crippen LogP contribution in [0.15, 0.2) is 59.5 Å². The van der Waals surface area contributed by atoms with Gasteiger partial charge in [-0.25, -0.2) is 9.36 Å². The number of benzene rings is 2. The van der Waals surface area contributed by atoms with Crippen molar-refractivity contribution in [2.24, 2.45) is 5.41 Å². The Bertz CT molecular complexity index is 1810. The minimum absolute atomic E-state index is 0.0942. The smallest absolute Gasteiger partial charge is 0.418 e. The lowest BCUT2D eigenvalue weighted by Crippen LogP contribution is -2.49. The van der Waals surface area contributed by atoms with Crippen LogP contribution < -0.4 is 5.43 Å². The molecule has 10 nitrogen and oxygen atoms in total. The second-order valence-corrected chi connectivity index (χ2v) is 11.3. The Morgan fingerprint density at radius 1 is 1.00 bits per heavy atom. The van der Waals surface area contributed by atoms with Gasteiger partial charge in [-0.15, -0.1) is 5.10 Å². The van der Waals surface area contributed by atoms with Crippen LogP contribution in [0.25, 0.3) is 11.4 Å². The summed E-state index contributed by atoms with van der Waals surface area (Å²) in [6.45, 7) is 7.47. The van der Waals surface area contributed by atoms with Gasteiger partial charge in [0.15, 0.2) is 5.69 Å². The van der Waals surface area contributed by atoms with Crippen molar-refractivity contribution in [1.82, 2.24) is 29.7 Å². The highest BCUT2D eigenvalue weighted by molar-refractivity contribution is 5.92. The van der Waals surface area contributed by atoms with E-state index in [0.29, 0.717) is 5.69 Å². The van der Waals surface area contributed by atoms with Crippen LogP contribution in [0.5, 0.6) is 0 Å². The first-order chi connectivity index (χ1) is 21.3. The Hall–Kier alpha value is -4.81. The van der Waals surface area contributed by atoms with E-state index in [4.69, 9.17) is 4.74 Å². The van der Waals surface area contributed by atoms with Crippen LogP contribution in [-0.2, 0) is 22.1 Å². The van der Waals surface area contributed by atoms with Crippen LogP contribution in [0.2, 0.25) is 0 Å². The Morgan fingerprint density at radius 2 is 1.71 bits per heavy atom. The molecule has 0 radical (unpaired) electrons. The molecule has 0 spiro atoms. The minimum atomic E-state index is -4.68. The van der Waals surface area contributed by atoms with Crippen LogP contribution in [0.4, 0.5) is 13.2 Å². The number of amides is 1. The molecule has 1 aliphatic rings. The Kier molecular flexibility index (Phi) is 8.63. The Morgan fingerprint density at radius 3 is 2.40 bits per heavy atom. The predicted molar refractivity (Wildman–Crippen MR) is 158 cm³/mol. The first kappa shape index (κ1) is 31.6. The molecule has 0 saturated carbocycles. The highest BCUT2D eigenvalue weighted by Gasteiger charge is 2.45. The molecule has 1 fully saturated rings. The summed E-state index contributed by atoms with van der Waals surface area (Å²) in [5.41, 5.74) is 0.204. The third-order valence-corrected chi connectivity index (χ3v) is 8.14. The van der Waals surface area contributed by atoms with E-state index in [9.17, 15) is 27.6 Å². The average molecular weight is 623 g/mol. The zero-order valence-corrected chi connectivity index (χ0v) is 25.4. The van der Waals surface area contributed by atoms with Gasteiger partial charge in [0.25, 0.3) is 5.91 Å². The van der Waals surface area contributed by atoms with Crippen LogP contribution in [-0.4, -0.2) is 61.2 Å². The zero-order valence-electron chi connectivity index (χ0n) is 25.4.